The summed E-state index contributed by atoms with van der Waals surface area (Å²) in [5.41, 5.74) is 0.631. The number of hydrogen-bond donors (Lipinski definition) is 0. The second-order valence-electron chi connectivity index (χ2n) is 5.75. The molecule has 0 spiro atoms. The Morgan fingerprint density at radius 3 is 2.57 bits per heavy atom. The molecule has 1 saturated heterocycles. The van der Waals surface area contributed by atoms with Gasteiger partial charge in [0.1, 0.15) is 11.2 Å². The van der Waals surface area contributed by atoms with Crippen LogP contribution in [-0.2, 0) is 6.54 Å². The molecule has 23 heavy (non-hydrogen) atoms. The number of carbonyl (C=O) groups excluding carboxylic acids is 1. The van der Waals surface area contributed by atoms with Gasteiger partial charge in [-0.05, 0) is 31.7 Å². The summed E-state index contributed by atoms with van der Waals surface area (Å²) in [7, 11) is 0. The van der Waals surface area contributed by atoms with Crippen LogP contribution in [0.15, 0.2) is 29.2 Å². The predicted molar refractivity (Wildman–Crippen MR) is 89.7 cm³/mol. The van der Waals surface area contributed by atoms with E-state index in [1.54, 1.807) is 21.7 Å². The Morgan fingerprint density at radius 2 is 1.91 bits per heavy atom. The van der Waals surface area contributed by atoms with Gasteiger partial charge in [-0.3, -0.25) is 14.2 Å². The zero-order valence-electron chi connectivity index (χ0n) is 13.7. The lowest BCUT2D eigenvalue weighted by Crippen LogP contribution is -2.49. The molecular formula is C17H22N4O2. The van der Waals surface area contributed by atoms with Gasteiger partial charge in [-0.25, -0.2) is 4.98 Å². The minimum Gasteiger partial charge on any atom is -0.336 e. The molecule has 0 aliphatic carbocycles. The van der Waals surface area contributed by atoms with E-state index in [9.17, 15) is 9.59 Å². The van der Waals surface area contributed by atoms with Crippen LogP contribution in [0, 0.1) is 0 Å². The minimum atomic E-state index is -0.248. The van der Waals surface area contributed by atoms with Crippen molar-refractivity contribution >= 4 is 16.9 Å². The number of fused-ring (bicyclic) bond motifs is 1. The average molecular weight is 314 g/mol. The van der Waals surface area contributed by atoms with Crippen LogP contribution in [-0.4, -0.2) is 58.0 Å². The van der Waals surface area contributed by atoms with Crippen molar-refractivity contribution in [3.8, 4) is 0 Å². The van der Waals surface area contributed by atoms with Crippen LogP contribution < -0.4 is 5.56 Å². The van der Waals surface area contributed by atoms with Crippen molar-refractivity contribution in [3.05, 3.63) is 40.3 Å². The molecule has 0 bridgehead atoms. The average Bonchev–Trinajstić information content (AvgIpc) is 2.61. The number of amides is 1. The minimum absolute atomic E-state index is 0.168. The van der Waals surface area contributed by atoms with Gasteiger partial charge in [0, 0.05) is 44.3 Å². The van der Waals surface area contributed by atoms with Crippen molar-refractivity contribution < 1.29 is 4.79 Å². The van der Waals surface area contributed by atoms with Gasteiger partial charge in [0.15, 0.2) is 0 Å². The van der Waals surface area contributed by atoms with E-state index in [1.807, 2.05) is 19.1 Å². The summed E-state index contributed by atoms with van der Waals surface area (Å²) in [6.07, 6.45) is 1.67. The number of aromatic nitrogens is 2. The fourth-order valence-corrected chi connectivity index (χ4v) is 3.09. The van der Waals surface area contributed by atoms with Crippen molar-refractivity contribution in [2.24, 2.45) is 0 Å². The van der Waals surface area contributed by atoms with Crippen LogP contribution in [0.25, 0.3) is 11.0 Å². The Labute approximate surface area is 135 Å². The van der Waals surface area contributed by atoms with Gasteiger partial charge in [0.25, 0.3) is 11.5 Å². The molecule has 0 atom stereocenters. The number of hydrogen-bond acceptors (Lipinski definition) is 4. The quantitative estimate of drug-likeness (QED) is 0.854. The molecule has 3 rings (SSSR count). The van der Waals surface area contributed by atoms with Crippen LogP contribution in [0.5, 0.6) is 0 Å². The molecule has 3 heterocycles. The second kappa shape index (κ2) is 6.50. The third-order valence-corrected chi connectivity index (χ3v) is 4.50. The van der Waals surface area contributed by atoms with E-state index in [2.05, 4.69) is 16.8 Å². The van der Waals surface area contributed by atoms with Gasteiger partial charge in [0.2, 0.25) is 0 Å². The normalized spacial score (nSPS) is 16.0. The summed E-state index contributed by atoms with van der Waals surface area (Å²) < 4.78 is 1.57. The van der Waals surface area contributed by atoms with Crippen molar-refractivity contribution in [1.29, 1.82) is 0 Å². The Kier molecular flexibility index (Phi) is 4.43. The maximum Gasteiger partial charge on any atom is 0.265 e. The lowest BCUT2D eigenvalue weighted by Gasteiger charge is -2.34. The van der Waals surface area contributed by atoms with Crippen LogP contribution in [0.3, 0.4) is 0 Å². The maximum absolute atomic E-state index is 12.8. The number of piperazine rings is 1. The van der Waals surface area contributed by atoms with Crippen molar-refractivity contribution in [2.45, 2.75) is 20.4 Å². The smallest absolute Gasteiger partial charge is 0.265 e. The topological polar surface area (TPSA) is 58.4 Å². The van der Waals surface area contributed by atoms with E-state index in [4.69, 9.17) is 0 Å². The molecular weight excluding hydrogens is 292 g/mol. The molecule has 0 aromatic carbocycles. The monoisotopic (exact) mass is 314 g/mol. The van der Waals surface area contributed by atoms with E-state index >= 15 is 0 Å². The number of aryl methyl sites for hydroxylation is 1. The van der Waals surface area contributed by atoms with E-state index in [-0.39, 0.29) is 17.0 Å². The van der Waals surface area contributed by atoms with Crippen molar-refractivity contribution in [3.63, 3.8) is 0 Å². The van der Waals surface area contributed by atoms with Gasteiger partial charge in [-0.1, -0.05) is 6.92 Å². The largest absolute Gasteiger partial charge is 0.336 e. The molecule has 1 amide bonds. The molecule has 1 aliphatic rings. The molecule has 122 valence electrons. The molecule has 0 saturated carbocycles. The first kappa shape index (κ1) is 15.7. The third-order valence-electron chi connectivity index (χ3n) is 4.50. The second-order valence-corrected chi connectivity index (χ2v) is 5.75. The number of likely N-dealkylation sites (N-methyl/N-ethyl adjacent to an activating group) is 1. The summed E-state index contributed by atoms with van der Waals surface area (Å²) in [6.45, 7) is 8.56. The highest BCUT2D eigenvalue weighted by Crippen LogP contribution is 2.13. The summed E-state index contributed by atoms with van der Waals surface area (Å²) in [5.74, 6) is -0.168. The number of nitrogens with zero attached hydrogens (tertiary/aromatic N) is 4. The summed E-state index contributed by atoms with van der Waals surface area (Å²) in [5, 5.41) is 0.824. The number of carbonyl (C=O) groups is 1. The first-order valence-corrected chi connectivity index (χ1v) is 8.16. The Morgan fingerprint density at radius 1 is 1.17 bits per heavy atom. The summed E-state index contributed by atoms with van der Waals surface area (Å²) >= 11 is 0. The SMILES string of the molecule is CCN1CCN(C(=O)c2cc3cccnc3n(CC)c2=O)CC1. The summed E-state index contributed by atoms with van der Waals surface area (Å²) in [4.78, 5) is 33.8. The highest BCUT2D eigenvalue weighted by Gasteiger charge is 2.24. The van der Waals surface area contributed by atoms with Gasteiger partial charge in [-0.2, -0.15) is 0 Å². The molecule has 6 nitrogen and oxygen atoms in total. The zero-order valence-corrected chi connectivity index (χ0v) is 13.7. The first-order chi connectivity index (χ1) is 11.2. The fourth-order valence-electron chi connectivity index (χ4n) is 3.09. The van der Waals surface area contributed by atoms with Gasteiger partial charge >= 0.3 is 0 Å². The molecule has 1 fully saturated rings. The lowest BCUT2D eigenvalue weighted by molar-refractivity contribution is 0.0641. The molecule has 1 aliphatic heterocycles. The molecule has 2 aromatic rings. The molecule has 2 aromatic heterocycles. The van der Waals surface area contributed by atoms with Crippen LogP contribution >= 0.6 is 0 Å². The Bertz CT molecular complexity index is 776. The first-order valence-electron chi connectivity index (χ1n) is 8.16. The van der Waals surface area contributed by atoms with E-state index < -0.39 is 0 Å². The van der Waals surface area contributed by atoms with Gasteiger partial charge in [0.05, 0.1) is 0 Å². The van der Waals surface area contributed by atoms with E-state index in [0.29, 0.717) is 25.3 Å². The predicted octanol–water partition coefficient (Wildman–Crippen LogP) is 1.19. The maximum atomic E-state index is 12.8. The highest BCUT2D eigenvalue weighted by atomic mass is 16.2. The van der Waals surface area contributed by atoms with Gasteiger partial charge < -0.3 is 9.80 Å². The fraction of sp³-hybridized carbons (Fsp3) is 0.471. The lowest BCUT2D eigenvalue weighted by atomic mass is 10.1. The van der Waals surface area contributed by atoms with Crippen LogP contribution in [0.2, 0.25) is 0 Å². The zero-order chi connectivity index (χ0) is 16.4. The van der Waals surface area contributed by atoms with Crippen molar-refractivity contribution in [2.75, 3.05) is 32.7 Å². The molecule has 0 radical (unpaired) electrons. The Balaban J connectivity index is 1.98. The van der Waals surface area contributed by atoms with Gasteiger partial charge in [-0.15, -0.1) is 0 Å². The van der Waals surface area contributed by atoms with E-state index in [0.717, 1.165) is 25.0 Å². The van der Waals surface area contributed by atoms with Crippen LogP contribution in [0.1, 0.15) is 24.2 Å². The van der Waals surface area contributed by atoms with Crippen molar-refractivity contribution in [1.82, 2.24) is 19.4 Å². The van der Waals surface area contributed by atoms with E-state index in [1.165, 1.54) is 0 Å². The third kappa shape index (κ3) is 2.86. The van der Waals surface area contributed by atoms with Crippen LogP contribution in [0.4, 0.5) is 0 Å². The number of rotatable bonds is 3. The Hall–Kier alpha value is -2.21. The molecule has 6 heteroatoms. The highest BCUT2D eigenvalue weighted by molar-refractivity contribution is 5.97. The standard InChI is InChI=1S/C17H22N4O2/c1-3-19-8-10-20(11-9-19)16(22)14-12-13-6-5-7-18-15(13)21(4-2)17(14)23/h5-7,12H,3-4,8-11H2,1-2H3. The summed E-state index contributed by atoms with van der Waals surface area (Å²) in [6, 6.07) is 5.40. The molecule has 0 N–H and O–H groups in total. The number of pyridine rings is 2. The molecule has 0 unspecified atom stereocenters.